The number of methoxy groups -OCH3 is 1. The molecule has 3 aliphatic heterocycles. The highest BCUT2D eigenvalue weighted by Crippen LogP contribution is 2.29. The van der Waals surface area contributed by atoms with E-state index in [0.717, 1.165) is 45.1 Å². The van der Waals surface area contributed by atoms with E-state index < -0.39 is 12.3 Å². The molecule has 2 atom stereocenters. The van der Waals surface area contributed by atoms with Crippen molar-refractivity contribution in [2.45, 2.75) is 24.7 Å². The lowest BCUT2D eigenvalue weighted by atomic mass is 10.0. The molecule has 6 rings (SSSR count). The summed E-state index contributed by atoms with van der Waals surface area (Å²) in [5.74, 6) is 0.854. The fourth-order valence-electron chi connectivity index (χ4n) is 5.91. The smallest absolute Gasteiger partial charge is 0.236 e. The lowest BCUT2D eigenvalue weighted by Gasteiger charge is -2.43. The number of nitrogens with one attached hydrogen (secondary N) is 2. The second kappa shape index (κ2) is 15.4. The summed E-state index contributed by atoms with van der Waals surface area (Å²) in [7, 11) is 1.59. The maximum Gasteiger partial charge on any atom is 0.236 e. The summed E-state index contributed by atoms with van der Waals surface area (Å²) in [6.45, 7) is 7.19. The summed E-state index contributed by atoms with van der Waals surface area (Å²) in [4.78, 5) is 32.0. The largest absolute Gasteiger partial charge is 0.486 e. The van der Waals surface area contributed by atoms with Gasteiger partial charge in [-0.1, -0.05) is 0 Å². The Labute approximate surface area is 273 Å². The fraction of sp³-hybridized carbons (Fsp3) is 0.485. The lowest BCUT2D eigenvalue weighted by molar-refractivity contribution is -0.134. The van der Waals surface area contributed by atoms with Crippen molar-refractivity contribution in [2.24, 2.45) is 0 Å². The number of aromatic nitrogens is 3. The van der Waals surface area contributed by atoms with Gasteiger partial charge in [0.1, 0.15) is 24.3 Å². The number of piperazine rings is 1. The van der Waals surface area contributed by atoms with Crippen LogP contribution >= 0.6 is 0 Å². The van der Waals surface area contributed by atoms with Crippen LogP contribution in [-0.4, -0.2) is 128 Å². The third kappa shape index (κ3) is 8.12. The van der Waals surface area contributed by atoms with Crippen LogP contribution in [0.4, 0.5) is 21.7 Å². The SMILES string of the molecule is COCCNCC(=O)N1CC[C@H](Oc2ccc(-c3ncnc(Nc4ccc(N5CCN(C6COC6)CC5)cc4)n3)cc2C#N)[C@H](F)C1. The Morgan fingerprint density at radius 1 is 1.11 bits per heavy atom. The molecule has 14 heteroatoms. The van der Waals surface area contributed by atoms with E-state index in [1.54, 1.807) is 25.3 Å². The van der Waals surface area contributed by atoms with Crippen LogP contribution in [0.25, 0.3) is 11.4 Å². The van der Waals surface area contributed by atoms with Gasteiger partial charge in [0.25, 0.3) is 0 Å². The second-order valence-corrected chi connectivity index (χ2v) is 11.8. The van der Waals surface area contributed by atoms with Crippen LogP contribution in [0.15, 0.2) is 48.8 Å². The molecule has 3 aromatic rings. The van der Waals surface area contributed by atoms with Gasteiger partial charge < -0.3 is 34.6 Å². The Bertz CT molecular complexity index is 1540. The number of likely N-dealkylation sites (tertiary alicyclic amines) is 1. The average molecular weight is 646 g/mol. The zero-order valence-electron chi connectivity index (χ0n) is 26.5. The first kappa shape index (κ1) is 32.5. The molecule has 0 bridgehead atoms. The molecule has 1 aromatic heterocycles. The molecule has 0 radical (unpaired) electrons. The van der Waals surface area contributed by atoms with Gasteiger partial charge >= 0.3 is 0 Å². The van der Waals surface area contributed by atoms with Gasteiger partial charge in [0.2, 0.25) is 11.9 Å². The number of carbonyl (C=O) groups is 1. The maximum absolute atomic E-state index is 15.1. The van der Waals surface area contributed by atoms with E-state index in [4.69, 9.17) is 14.2 Å². The van der Waals surface area contributed by atoms with E-state index >= 15 is 4.39 Å². The van der Waals surface area contributed by atoms with Gasteiger partial charge in [-0.3, -0.25) is 9.69 Å². The molecule has 3 fully saturated rings. The second-order valence-electron chi connectivity index (χ2n) is 11.8. The van der Waals surface area contributed by atoms with Crippen LogP contribution in [-0.2, 0) is 14.3 Å². The molecule has 3 aliphatic rings. The highest BCUT2D eigenvalue weighted by molar-refractivity contribution is 5.78. The number of ether oxygens (including phenoxy) is 3. The van der Waals surface area contributed by atoms with E-state index in [0.29, 0.717) is 49.5 Å². The Kier molecular flexibility index (Phi) is 10.7. The number of piperidine rings is 1. The minimum atomic E-state index is -1.39. The summed E-state index contributed by atoms with van der Waals surface area (Å²) in [6, 6.07) is 15.9. The number of amides is 1. The number of nitriles is 1. The molecule has 3 saturated heterocycles. The van der Waals surface area contributed by atoms with Gasteiger partial charge in [-0.25, -0.2) is 14.4 Å². The third-order valence-corrected chi connectivity index (χ3v) is 8.74. The monoisotopic (exact) mass is 645 g/mol. The van der Waals surface area contributed by atoms with Crippen molar-refractivity contribution in [1.82, 2.24) is 30.1 Å². The average Bonchev–Trinajstić information content (AvgIpc) is 3.08. The predicted molar refractivity (Wildman–Crippen MR) is 173 cm³/mol. The van der Waals surface area contributed by atoms with Crippen molar-refractivity contribution in [3.8, 4) is 23.2 Å². The standard InChI is InChI=1S/C33H40FN9O4/c1-45-15-9-36-18-31(44)43-10-8-30(28(34)19-43)47-29-7-2-23(16-24(29)17-35)32-37-22-38-33(40-32)39-25-3-5-26(6-4-25)41-11-13-42(14-12-41)27-20-46-21-27/h2-7,16,22,27-28,30,36H,8-15,18-21H2,1H3,(H,37,38,39,40)/t28-,30+/m1/s1. The van der Waals surface area contributed by atoms with Gasteiger partial charge in [0.15, 0.2) is 12.0 Å². The number of hydrogen-bond donors (Lipinski definition) is 2. The number of carbonyl (C=O) groups excluding carboxylic acids is 1. The summed E-state index contributed by atoms with van der Waals surface area (Å²) in [5.41, 5.74) is 2.85. The number of rotatable bonds is 12. The summed E-state index contributed by atoms with van der Waals surface area (Å²) >= 11 is 0. The summed E-state index contributed by atoms with van der Waals surface area (Å²) in [5, 5.41) is 16.1. The van der Waals surface area contributed by atoms with Crippen LogP contribution in [0.2, 0.25) is 0 Å². The van der Waals surface area contributed by atoms with Gasteiger partial charge in [0, 0.05) is 69.7 Å². The topological polar surface area (TPSA) is 141 Å². The quantitative estimate of drug-likeness (QED) is 0.279. The molecule has 13 nitrogen and oxygen atoms in total. The highest BCUT2D eigenvalue weighted by Gasteiger charge is 2.33. The Hall–Kier alpha value is -4.42. The number of benzene rings is 2. The van der Waals surface area contributed by atoms with Crippen molar-refractivity contribution in [3.05, 3.63) is 54.4 Å². The summed E-state index contributed by atoms with van der Waals surface area (Å²) < 4.78 is 31.3. The highest BCUT2D eigenvalue weighted by atomic mass is 19.1. The van der Waals surface area contributed by atoms with Crippen LogP contribution < -0.4 is 20.3 Å². The number of halogens is 1. The van der Waals surface area contributed by atoms with Crippen molar-refractivity contribution in [1.29, 1.82) is 5.26 Å². The van der Waals surface area contributed by atoms with Crippen LogP contribution in [0.1, 0.15) is 12.0 Å². The van der Waals surface area contributed by atoms with E-state index in [2.05, 4.69) is 53.6 Å². The van der Waals surface area contributed by atoms with Crippen molar-refractivity contribution >= 4 is 23.2 Å². The van der Waals surface area contributed by atoms with Gasteiger partial charge in [-0.2, -0.15) is 10.2 Å². The van der Waals surface area contributed by atoms with E-state index in [1.165, 1.54) is 16.9 Å². The predicted octanol–water partition coefficient (Wildman–Crippen LogP) is 2.23. The minimum absolute atomic E-state index is 0.0631. The molecule has 248 valence electrons. The first-order valence-electron chi connectivity index (χ1n) is 16.0. The van der Waals surface area contributed by atoms with Gasteiger partial charge in [-0.05, 0) is 42.5 Å². The molecular weight excluding hydrogens is 605 g/mol. The van der Waals surface area contributed by atoms with Crippen LogP contribution in [0.3, 0.4) is 0 Å². The third-order valence-electron chi connectivity index (χ3n) is 8.74. The van der Waals surface area contributed by atoms with Gasteiger partial charge in [-0.15, -0.1) is 0 Å². The Morgan fingerprint density at radius 2 is 1.91 bits per heavy atom. The molecule has 0 spiro atoms. The Balaban J connectivity index is 1.03. The maximum atomic E-state index is 15.1. The number of hydrogen-bond acceptors (Lipinski definition) is 12. The van der Waals surface area contributed by atoms with Crippen LogP contribution in [0, 0.1) is 11.3 Å². The molecule has 47 heavy (non-hydrogen) atoms. The molecule has 1 amide bonds. The normalized spacial score (nSPS) is 20.4. The van der Waals surface area contributed by atoms with Crippen molar-refractivity contribution < 1.29 is 23.4 Å². The number of alkyl halides is 1. The molecule has 0 unspecified atom stereocenters. The molecule has 2 aromatic carbocycles. The Morgan fingerprint density at radius 3 is 2.62 bits per heavy atom. The first-order chi connectivity index (χ1) is 23.0. The van der Waals surface area contributed by atoms with Gasteiger partial charge in [0.05, 0.1) is 44.5 Å². The zero-order chi connectivity index (χ0) is 32.6. The fourth-order valence-corrected chi connectivity index (χ4v) is 5.91. The lowest BCUT2D eigenvalue weighted by Crippen LogP contribution is -2.56. The molecular formula is C33H40FN9O4. The molecule has 4 heterocycles. The van der Waals surface area contributed by atoms with Crippen molar-refractivity contribution in [3.63, 3.8) is 0 Å². The first-order valence-corrected chi connectivity index (χ1v) is 16.0. The van der Waals surface area contributed by atoms with E-state index in [1.807, 2.05) is 12.1 Å². The van der Waals surface area contributed by atoms with Crippen LogP contribution in [0.5, 0.6) is 5.75 Å². The number of nitrogens with zero attached hydrogens (tertiary/aromatic N) is 7. The number of anilines is 3. The minimum Gasteiger partial charge on any atom is -0.486 e. The van der Waals surface area contributed by atoms with Crippen molar-refractivity contribution in [2.75, 3.05) is 89.5 Å². The van der Waals surface area contributed by atoms with E-state index in [9.17, 15) is 10.1 Å². The molecule has 0 aliphatic carbocycles. The van der Waals surface area contributed by atoms with E-state index in [-0.39, 0.29) is 30.3 Å². The zero-order valence-corrected chi connectivity index (χ0v) is 26.5. The summed E-state index contributed by atoms with van der Waals surface area (Å²) in [6.07, 6.45) is -0.432. The molecule has 2 N–H and O–H groups in total. The molecule has 0 saturated carbocycles.